The van der Waals surface area contributed by atoms with Gasteiger partial charge in [-0.25, -0.2) is 8.78 Å². The number of nitrogens with two attached hydrogens (primary N) is 1. The molecule has 2 rings (SSSR count). The van der Waals surface area contributed by atoms with Crippen LogP contribution in [0.2, 0.25) is 5.02 Å². The van der Waals surface area contributed by atoms with E-state index < -0.39 is 11.6 Å². The lowest BCUT2D eigenvalue weighted by Crippen LogP contribution is -2.20. The molecule has 1 atom stereocenters. The van der Waals surface area contributed by atoms with Crippen molar-refractivity contribution in [2.75, 3.05) is 6.54 Å². The van der Waals surface area contributed by atoms with Crippen LogP contribution >= 0.6 is 11.6 Å². The minimum absolute atomic E-state index is 0.0196. The zero-order chi connectivity index (χ0) is 14.5. The smallest absolute Gasteiger partial charge is 0.162 e. The molecule has 0 aromatic heterocycles. The fourth-order valence-electron chi connectivity index (χ4n) is 2.23. The number of hydrogen-bond acceptors (Lipinski definition) is 1. The van der Waals surface area contributed by atoms with Crippen LogP contribution < -0.4 is 5.73 Å². The molecular weight excluding hydrogens is 280 g/mol. The first-order chi connectivity index (χ1) is 9.61. The van der Waals surface area contributed by atoms with E-state index >= 15 is 0 Å². The molecular formula is C16H16ClF2N. The Morgan fingerprint density at radius 2 is 1.60 bits per heavy atom. The van der Waals surface area contributed by atoms with E-state index in [1.807, 2.05) is 24.3 Å². The van der Waals surface area contributed by atoms with E-state index in [0.29, 0.717) is 30.0 Å². The minimum Gasteiger partial charge on any atom is -0.330 e. The highest BCUT2D eigenvalue weighted by molar-refractivity contribution is 6.31. The first-order valence-corrected chi connectivity index (χ1v) is 6.86. The molecule has 0 spiro atoms. The van der Waals surface area contributed by atoms with Crippen molar-refractivity contribution in [2.24, 2.45) is 11.7 Å². The van der Waals surface area contributed by atoms with Crippen molar-refractivity contribution in [3.63, 3.8) is 0 Å². The molecule has 2 N–H and O–H groups in total. The molecule has 2 aromatic rings. The largest absolute Gasteiger partial charge is 0.330 e. The standard InChI is InChI=1S/C16H16ClF2N/c17-14-6-2-1-4-12(14)8-11(10-20)9-13-5-3-7-15(18)16(13)19/h1-7,11H,8-10,20H2. The van der Waals surface area contributed by atoms with Gasteiger partial charge in [0, 0.05) is 5.02 Å². The zero-order valence-electron chi connectivity index (χ0n) is 11.0. The molecule has 4 heteroatoms. The van der Waals surface area contributed by atoms with Crippen molar-refractivity contribution in [3.05, 3.63) is 70.2 Å². The fraction of sp³-hybridized carbons (Fsp3) is 0.250. The summed E-state index contributed by atoms with van der Waals surface area (Å²) in [5.41, 5.74) is 7.08. The molecule has 0 saturated heterocycles. The molecule has 0 radical (unpaired) electrons. The third-order valence-electron chi connectivity index (χ3n) is 3.34. The van der Waals surface area contributed by atoms with Crippen molar-refractivity contribution in [1.82, 2.24) is 0 Å². The van der Waals surface area contributed by atoms with E-state index in [1.165, 1.54) is 6.07 Å². The Kier molecular flexibility index (Phi) is 5.10. The molecule has 1 unspecified atom stereocenters. The Morgan fingerprint density at radius 1 is 0.950 bits per heavy atom. The van der Waals surface area contributed by atoms with E-state index in [4.69, 9.17) is 17.3 Å². The lowest BCUT2D eigenvalue weighted by molar-refractivity contribution is 0.473. The molecule has 0 fully saturated rings. The van der Waals surface area contributed by atoms with Crippen LogP contribution in [0.5, 0.6) is 0 Å². The topological polar surface area (TPSA) is 26.0 Å². The third-order valence-corrected chi connectivity index (χ3v) is 3.71. The van der Waals surface area contributed by atoms with Crippen molar-refractivity contribution >= 4 is 11.6 Å². The second-order valence-corrected chi connectivity index (χ2v) is 5.22. The maximum atomic E-state index is 13.7. The Morgan fingerprint density at radius 3 is 2.30 bits per heavy atom. The lowest BCUT2D eigenvalue weighted by Gasteiger charge is -2.16. The van der Waals surface area contributed by atoms with Crippen molar-refractivity contribution < 1.29 is 8.78 Å². The normalized spacial score (nSPS) is 12.4. The minimum atomic E-state index is -0.823. The quantitative estimate of drug-likeness (QED) is 0.887. The van der Waals surface area contributed by atoms with E-state index in [9.17, 15) is 8.78 Å². The molecule has 0 aliphatic heterocycles. The van der Waals surface area contributed by atoms with Gasteiger partial charge in [0.05, 0.1) is 0 Å². The van der Waals surface area contributed by atoms with Crippen LogP contribution in [0.4, 0.5) is 8.78 Å². The number of hydrogen-bond donors (Lipinski definition) is 1. The average Bonchev–Trinajstić information content (AvgIpc) is 2.45. The maximum absolute atomic E-state index is 13.7. The van der Waals surface area contributed by atoms with Crippen LogP contribution in [-0.4, -0.2) is 6.54 Å². The molecule has 0 heterocycles. The highest BCUT2D eigenvalue weighted by Crippen LogP contribution is 2.22. The van der Waals surface area contributed by atoms with Crippen molar-refractivity contribution in [1.29, 1.82) is 0 Å². The van der Waals surface area contributed by atoms with Crippen LogP contribution in [0.1, 0.15) is 11.1 Å². The molecule has 0 bridgehead atoms. The van der Waals surface area contributed by atoms with E-state index in [1.54, 1.807) is 6.07 Å². The highest BCUT2D eigenvalue weighted by atomic mass is 35.5. The number of benzene rings is 2. The zero-order valence-corrected chi connectivity index (χ0v) is 11.7. The molecule has 0 amide bonds. The van der Waals surface area contributed by atoms with E-state index in [2.05, 4.69) is 0 Å². The van der Waals surface area contributed by atoms with Crippen molar-refractivity contribution in [3.8, 4) is 0 Å². The van der Waals surface area contributed by atoms with Crippen molar-refractivity contribution in [2.45, 2.75) is 12.8 Å². The van der Waals surface area contributed by atoms with Gasteiger partial charge in [-0.15, -0.1) is 0 Å². The third kappa shape index (κ3) is 3.56. The monoisotopic (exact) mass is 295 g/mol. The average molecular weight is 296 g/mol. The summed E-state index contributed by atoms with van der Waals surface area (Å²) in [4.78, 5) is 0. The fourth-order valence-corrected chi connectivity index (χ4v) is 2.44. The van der Waals surface area contributed by atoms with Gasteiger partial charge in [-0.05, 0) is 48.6 Å². The van der Waals surface area contributed by atoms with Gasteiger partial charge < -0.3 is 5.73 Å². The van der Waals surface area contributed by atoms with Gasteiger partial charge in [0.2, 0.25) is 0 Å². The van der Waals surface area contributed by atoms with Gasteiger partial charge in [-0.2, -0.15) is 0 Å². The van der Waals surface area contributed by atoms with E-state index in [0.717, 1.165) is 11.6 Å². The highest BCUT2D eigenvalue weighted by Gasteiger charge is 2.15. The molecule has 106 valence electrons. The molecule has 0 aliphatic rings. The van der Waals surface area contributed by atoms with Crippen LogP contribution in [0, 0.1) is 17.6 Å². The lowest BCUT2D eigenvalue weighted by atomic mass is 9.92. The summed E-state index contributed by atoms with van der Waals surface area (Å²) in [6, 6.07) is 11.7. The van der Waals surface area contributed by atoms with Gasteiger partial charge in [-0.3, -0.25) is 0 Å². The molecule has 1 nitrogen and oxygen atoms in total. The number of halogens is 3. The van der Waals surface area contributed by atoms with Gasteiger partial charge in [0.15, 0.2) is 11.6 Å². The number of rotatable bonds is 5. The summed E-state index contributed by atoms with van der Waals surface area (Å²) in [7, 11) is 0. The Bertz CT molecular complexity index is 586. The van der Waals surface area contributed by atoms with Gasteiger partial charge in [0.1, 0.15) is 0 Å². The van der Waals surface area contributed by atoms with Crippen LogP contribution in [-0.2, 0) is 12.8 Å². The van der Waals surface area contributed by atoms with Gasteiger partial charge in [0.25, 0.3) is 0 Å². The molecule has 2 aromatic carbocycles. The SMILES string of the molecule is NCC(Cc1ccccc1Cl)Cc1cccc(F)c1F. The summed E-state index contributed by atoms with van der Waals surface area (Å²) < 4.78 is 26.9. The van der Waals surface area contributed by atoms with Crippen LogP contribution in [0.15, 0.2) is 42.5 Å². The molecule has 0 saturated carbocycles. The first-order valence-electron chi connectivity index (χ1n) is 6.48. The predicted octanol–water partition coefficient (Wildman–Crippen LogP) is 3.98. The maximum Gasteiger partial charge on any atom is 0.162 e. The van der Waals surface area contributed by atoms with Gasteiger partial charge in [-0.1, -0.05) is 41.9 Å². The molecule has 20 heavy (non-hydrogen) atoms. The predicted molar refractivity (Wildman–Crippen MR) is 77.8 cm³/mol. The Labute approximate surface area is 122 Å². The summed E-state index contributed by atoms with van der Waals surface area (Å²) in [6.07, 6.45) is 1.04. The van der Waals surface area contributed by atoms with Gasteiger partial charge >= 0.3 is 0 Å². The molecule has 0 aliphatic carbocycles. The Balaban J connectivity index is 2.14. The summed E-state index contributed by atoms with van der Waals surface area (Å²) in [6.45, 7) is 0.390. The summed E-state index contributed by atoms with van der Waals surface area (Å²) in [5.74, 6) is -1.59. The summed E-state index contributed by atoms with van der Waals surface area (Å²) >= 11 is 6.11. The Hall–Kier alpha value is -1.45. The van der Waals surface area contributed by atoms with Crippen LogP contribution in [0.25, 0.3) is 0 Å². The second-order valence-electron chi connectivity index (χ2n) is 4.81. The summed E-state index contributed by atoms with van der Waals surface area (Å²) in [5, 5.41) is 0.672. The van der Waals surface area contributed by atoms with Crippen LogP contribution in [0.3, 0.4) is 0 Å². The second kappa shape index (κ2) is 6.82. The first kappa shape index (κ1) is 14.9. The van der Waals surface area contributed by atoms with E-state index in [-0.39, 0.29) is 5.92 Å².